The minimum atomic E-state index is -1.83. The summed E-state index contributed by atoms with van der Waals surface area (Å²) < 4.78 is 6.81. The number of nitrogens with two attached hydrogens (primary N) is 1. The zero-order valence-corrected chi connectivity index (χ0v) is 17.8. The number of carbonyl (C=O) groups excluding carboxylic acids is 1. The molecule has 0 spiro atoms. The molecule has 2 aromatic heterocycles. The molecule has 3 aromatic rings. The third-order valence-corrected chi connectivity index (χ3v) is 7.57. The Morgan fingerprint density at radius 3 is 2.90 bits per heavy atom. The molecule has 31 heavy (non-hydrogen) atoms. The van der Waals surface area contributed by atoms with E-state index < -0.39 is 11.6 Å². The number of ether oxygens (including phenoxy) is 1. The highest BCUT2D eigenvalue weighted by Crippen LogP contribution is 2.48. The van der Waals surface area contributed by atoms with Crippen LogP contribution >= 0.6 is 11.8 Å². The molecular weight excluding hydrogens is 414 g/mol. The Bertz CT molecular complexity index is 1460. The average molecular weight is 433 g/mol. The molecule has 8 heteroatoms. The van der Waals surface area contributed by atoms with Gasteiger partial charge in [0.1, 0.15) is 6.61 Å². The molecular formula is C23H19N3O4S. The fraction of sp³-hybridized carbons (Fsp3) is 0.261. The number of aromatic nitrogens is 2. The van der Waals surface area contributed by atoms with Crippen LogP contribution in [0.1, 0.15) is 42.5 Å². The van der Waals surface area contributed by atoms with E-state index in [9.17, 15) is 14.7 Å². The summed E-state index contributed by atoms with van der Waals surface area (Å²) in [5.74, 6) is -0.720. The molecule has 3 aliphatic rings. The Morgan fingerprint density at radius 1 is 1.32 bits per heavy atom. The Balaban J connectivity index is 1.69. The number of carbonyl (C=O) groups is 1. The van der Waals surface area contributed by atoms with Gasteiger partial charge in [-0.1, -0.05) is 18.7 Å². The Labute approximate surface area is 181 Å². The van der Waals surface area contributed by atoms with Crippen LogP contribution in [0, 0.1) is 0 Å². The lowest BCUT2D eigenvalue weighted by atomic mass is 9.86. The van der Waals surface area contributed by atoms with Gasteiger partial charge in [0, 0.05) is 27.1 Å². The van der Waals surface area contributed by atoms with Gasteiger partial charge in [0.05, 0.1) is 29.0 Å². The van der Waals surface area contributed by atoms with Crippen LogP contribution in [0.25, 0.3) is 28.4 Å². The molecule has 0 saturated carbocycles. The molecule has 0 fully saturated rings. The molecule has 5 heterocycles. The molecule has 1 atom stereocenters. The highest BCUT2D eigenvalue weighted by Gasteiger charge is 2.45. The van der Waals surface area contributed by atoms with E-state index in [1.165, 1.54) is 0 Å². The van der Waals surface area contributed by atoms with Gasteiger partial charge < -0.3 is 20.1 Å². The summed E-state index contributed by atoms with van der Waals surface area (Å²) in [6, 6.07) is 5.49. The molecule has 3 N–H and O–H groups in total. The number of rotatable bonds is 1. The number of nitrogen functional groups attached to an aromatic ring is 1. The van der Waals surface area contributed by atoms with E-state index in [4.69, 9.17) is 15.5 Å². The molecule has 7 nitrogen and oxygen atoms in total. The summed E-state index contributed by atoms with van der Waals surface area (Å²) in [5, 5.41) is 12.0. The maximum Gasteiger partial charge on any atom is 0.343 e. The molecule has 0 saturated heterocycles. The second kappa shape index (κ2) is 5.99. The number of aliphatic hydroxyl groups is 1. The van der Waals surface area contributed by atoms with E-state index in [2.05, 4.69) is 6.08 Å². The van der Waals surface area contributed by atoms with Gasteiger partial charge in [-0.25, -0.2) is 9.78 Å². The van der Waals surface area contributed by atoms with Crippen LogP contribution in [0.3, 0.4) is 0 Å². The highest BCUT2D eigenvalue weighted by molar-refractivity contribution is 8.03. The van der Waals surface area contributed by atoms with Crippen molar-refractivity contribution in [1.82, 2.24) is 9.55 Å². The van der Waals surface area contributed by atoms with Gasteiger partial charge in [-0.15, -0.1) is 0 Å². The number of anilines is 1. The predicted molar refractivity (Wildman–Crippen MR) is 118 cm³/mol. The zero-order chi connectivity index (χ0) is 21.7. The molecule has 1 aromatic carbocycles. The maximum absolute atomic E-state index is 13.4. The first-order chi connectivity index (χ1) is 14.8. The molecule has 0 bridgehead atoms. The van der Waals surface area contributed by atoms with Crippen molar-refractivity contribution >= 4 is 40.4 Å². The average Bonchev–Trinajstić information content (AvgIpc) is 3.13. The van der Waals surface area contributed by atoms with Crippen LogP contribution in [-0.4, -0.2) is 20.6 Å². The summed E-state index contributed by atoms with van der Waals surface area (Å²) >= 11 is 1.63. The summed E-state index contributed by atoms with van der Waals surface area (Å²) in [5.41, 5.74) is 9.62. The minimum absolute atomic E-state index is 0.118. The topological polar surface area (TPSA) is 107 Å². The van der Waals surface area contributed by atoms with E-state index in [1.54, 1.807) is 29.3 Å². The normalized spacial score (nSPS) is 20.7. The zero-order valence-electron chi connectivity index (χ0n) is 17.0. The third kappa shape index (κ3) is 2.26. The van der Waals surface area contributed by atoms with Crippen LogP contribution in [0.5, 0.6) is 0 Å². The standard InChI is InChI=1S/C23H19N3O4S/c1-3-23(29)14-7-17-19-12(8-26(17)21(27)13(14)9-30-22(23)28)11-6-10(2)31-20-15(24)4-5-16(25-19)18(11)20/h4-7,29H,3,8-9,24H2,1-2H3/t23-/m0/s1. The third-order valence-electron chi connectivity index (χ3n) is 6.49. The van der Waals surface area contributed by atoms with E-state index in [0.29, 0.717) is 34.7 Å². The quantitative estimate of drug-likeness (QED) is 0.351. The Kier molecular flexibility index (Phi) is 3.60. The van der Waals surface area contributed by atoms with Crippen molar-refractivity contribution in [2.45, 2.75) is 43.9 Å². The first-order valence-corrected chi connectivity index (χ1v) is 10.9. The molecule has 0 amide bonds. The molecule has 0 radical (unpaired) electrons. The monoisotopic (exact) mass is 433 g/mol. The summed E-state index contributed by atoms with van der Waals surface area (Å²) in [7, 11) is 0. The summed E-state index contributed by atoms with van der Waals surface area (Å²) in [6.45, 7) is 3.97. The van der Waals surface area contributed by atoms with E-state index >= 15 is 0 Å². The van der Waals surface area contributed by atoms with Crippen molar-refractivity contribution in [2.75, 3.05) is 5.73 Å². The second-order valence-electron chi connectivity index (χ2n) is 8.19. The lowest BCUT2D eigenvalue weighted by Crippen LogP contribution is -2.44. The van der Waals surface area contributed by atoms with Crippen LogP contribution < -0.4 is 11.3 Å². The fourth-order valence-electron chi connectivity index (χ4n) is 4.85. The smallest absolute Gasteiger partial charge is 0.343 e. The first kappa shape index (κ1) is 18.7. The van der Waals surface area contributed by atoms with E-state index in [1.807, 2.05) is 19.1 Å². The molecule has 6 rings (SSSR count). The minimum Gasteiger partial charge on any atom is -0.458 e. The van der Waals surface area contributed by atoms with Crippen molar-refractivity contribution in [3.63, 3.8) is 0 Å². The van der Waals surface area contributed by atoms with Crippen molar-refractivity contribution in [3.05, 3.63) is 55.7 Å². The predicted octanol–water partition coefficient (Wildman–Crippen LogP) is 3.13. The Morgan fingerprint density at radius 2 is 2.13 bits per heavy atom. The number of pyridine rings is 2. The van der Waals surface area contributed by atoms with Crippen LogP contribution in [0.15, 0.2) is 32.8 Å². The summed E-state index contributed by atoms with van der Waals surface area (Å²) in [6.07, 6.45) is 2.23. The molecule has 0 unspecified atom stereocenters. The van der Waals surface area contributed by atoms with Gasteiger partial charge in [0.2, 0.25) is 0 Å². The van der Waals surface area contributed by atoms with Crippen LogP contribution in [0.4, 0.5) is 5.69 Å². The van der Waals surface area contributed by atoms with E-state index in [-0.39, 0.29) is 18.6 Å². The van der Waals surface area contributed by atoms with Gasteiger partial charge in [0.25, 0.3) is 5.56 Å². The number of thioether (sulfide) groups is 1. The number of nitrogens with zero attached hydrogens (tertiary/aromatic N) is 2. The Hall–Kier alpha value is -3.10. The highest BCUT2D eigenvalue weighted by atomic mass is 32.2. The fourth-order valence-corrected chi connectivity index (χ4v) is 5.86. The first-order valence-electron chi connectivity index (χ1n) is 10.1. The summed E-state index contributed by atoms with van der Waals surface area (Å²) in [4.78, 5) is 32.7. The number of benzene rings is 1. The van der Waals surface area contributed by atoms with Gasteiger partial charge in [-0.2, -0.15) is 0 Å². The maximum atomic E-state index is 13.4. The van der Waals surface area contributed by atoms with Gasteiger partial charge in [-0.3, -0.25) is 4.79 Å². The van der Waals surface area contributed by atoms with Crippen molar-refractivity contribution in [1.29, 1.82) is 0 Å². The van der Waals surface area contributed by atoms with Crippen molar-refractivity contribution < 1.29 is 14.6 Å². The van der Waals surface area contributed by atoms with Crippen LogP contribution in [-0.2, 0) is 28.3 Å². The van der Waals surface area contributed by atoms with Crippen molar-refractivity contribution in [2.24, 2.45) is 0 Å². The van der Waals surface area contributed by atoms with Gasteiger partial charge in [-0.05, 0) is 48.1 Å². The molecule has 0 aliphatic carbocycles. The number of hydrogen-bond acceptors (Lipinski definition) is 7. The van der Waals surface area contributed by atoms with Gasteiger partial charge >= 0.3 is 5.97 Å². The lowest BCUT2D eigenvalue weighted by Gasteiger charge is -2.31. The number of cyclic esters (lactones) is 1. The molecule has 156 valence electrons. The van der Waals surface area contributed by atoms with Crippen LogP contribution in [0.2, 0.25) is 0 Å². The number of hydrogen-bond donors (Lipinski definition) is 2. The van der Waals surface area contributed by atoms with Gasteiger partial charge in [0.15, 0.2) is 5.60 Å². The lowest BCUT2D eigenvalue weighted by molar-refractivity contribution is -0.172. The second-order valence-corrected chi connectivity index (χ2v) is 9.45. The van der Waals surface area contributed by atoms with E-state index in [0.717, 1.165) is 31.8 Å². The number of fused-ring (bicyclic) bond motifs is 5. The SMILES string of the molecule is CC[C@@]1(O)C(=O)OCc2c1cc1n(c2=O)Cc2c-1nc1ccc(N)c3c1c2C=C(C)S3. The number of allylic oxidation sites excluding steroid dienone is 1. The molecule has 3 aliphatic heterocycles. The van der Waals surface area contributed by atoms with Crippen molar-refractivity contribution in [3.8, 4) is 11.4 Å². The largest absolute Gasteiger partial charge is 0.458 e. The number of esters is 1.